The van der Waals surface area contributed by atoms with Gasteiger partial charge in [0.2, 0.25) is 5.91 Å². The summed E-state index contributed by atoms with van der Waals surface area (Å²) in [5.41, 5.74) is 0.400. The number of nitrogens with zero attached hydrogens (tertiary/aromatic N) is 1. The normalized spacial score (nSPS) is 14.4. The monoisotopic (exact) mass is 394 g/mol. The van der Waals surface area contributed by atoms with Crippen LogP contribution in [-0.2, 0) is 21.2 Å². The summed E-state index contributed by atoms with van der Waals surface area (Å²) >= 11 is 1.13. The van der Waals surface area contributed by atoms with Gasteiger partial charge in [0.25, 0.3) is 10.0 Å². The first-order valence-corrected chi connectivity index (χ1v) is 10.9. The second-order valence-corrected chi connectivity index (χ2v) is 9.10. The number of sulfonamides is 1. The molecule has 0 unspecified atom stereocenters. The van der Waals surface area contributed by atoms with Gasteiger partial charge in [-0.25, -0.2) is 8.42 Å². The molecule has 1 aromatic heterocycles. The van der Waals surface area contributed by atoms with Gasteiger partial charge in [-0.2, -0.15) is 0 Å². The smallest absolute Gasteiger partial charge is 0.271 e. The highest BCUT2D eigenvalue weighted by atomic mass is 32.2. The van der Waals surface area contributed by atoms with Crippen molar-refractivity contribution in [3.63, 3.8) is 0 Å². The van der Waals surface area contributed by atoms with E-state index in [0.29, 0.717) is 18.0 Å². The summed E-state index contributed by atoms with van der Waals surface area (Å²) in [6.07, 6.45) is 2.33. The Bertz CT molecular complexity index is 871. The third-order valence-electron chi connectivity index (χ3n) is 4.12. The van der Waals surface area contributed by atoms with E-state index in [1.54, 1.807) is 36.4 Å². The molecule has 6 nitrogen and oxygen atoms in total. The molecule has 1 saturated heterocycles. The van der Waals surface area contributed by atoms with Crippen LogP contribution in [0.1, 0.15) is 24.6 Å². The molecule has 0 radical (unpaired) electrons. The summed E-state index contributed by atoms with van der Waals surface area (Å²) in [5, 5.41) is 0. The van der Waals surface area contributed by atoms with Crippen molar-refractivity contribution in [2.45, 2.75) is 30.4 Å². The molecule has 0 spiro atoms. The van der Waals surface area contributed by atoms with Crippen molar-refractivity contribution in [2.75, 3.05) is 24.4 Å². The van der Waals surface area contributed by atoms with Crippen molar-refractivity contribution in [2.24, 2.45) is 0 Å². The fourth-order valence-electron chi connectivity index (χ4n) is 2.85. The second-order valence-electron chi connectivity index (χ2n) is 6.02. The fourth-order valence-corrected chi connectivity index (χ4v) is 5.27. The van der Waals surface area contributed by atoms with E-state index in [1.165, 1.54) is 0 Å². The molecular weight excluding hydrogens is 372 g/mol. The maximum Gasteiger partial charge on any atom is 0.271 e. The van der Waals surface area contributed by atoms with Crippen LogP contribution in [0.3, 0.4) is 0 Å². The number of para-hydroxylation sites is 2. The Morgan fingerprint density at radius 2 is 1.92 bits per heavy atom. The summed E-state index contributed by atoms with van der Waals surface area (Å²) in [5.74, 6) is 0.544. The molecule has 8 heteroatoms. The molecule has 3 rings (SSSR count). The van der Waals surface area contributed by atoms with Crippen LogP contribution in [0.15, 0.2) is 40.6 Å². The standard InChI is InChI=1S/C18H22N2O4S2/c1-2-24-16-8-4-3-7-15(16)19-26(22,23)18-10-9-14(25-18)13-17(21)20-11-5-6-12-20/h3-4,7-10,19H,2,5-6,11-13H2,1H3. The molecule has 26 heavy (non-hydrogen) atoms. The maximum atomic E-state index is 12.7. The van der Waals surface area contributed by atoms with E-state index in [4.69, 9.17) is 4.74 Å². The summed E-state index contributed by atoms with van der Waals surface area (Å²) < 4.78 is 33.5. The van der Waals surface area contributed by atoms with Crippen LogP contribution in [0.5, 0.6) is 5.75 Å². The van der Waals surface area contributed by atoms with Crippen LogP contribution in [-0.4, -0.2) is 38.9 Å². The van der Waals surface area contributed by atoms with Crippen molar-refractivity contribution < 1.29 is 17.9 Å². The number of carbonyl (C=O) groups excluding carboxylic acids is 1. The minimum Gasteiger partial charge on any atom is -0.492 e. The van der Waals surface area contributed by atoms with Gasteiger partial charge in [0, 0.05) is 18.0 Å². The molecule has 1 aliphatic rings. The van der Waals surface area contributed by atoms with Gasteiger partial charge in [-0.1, -0.05) is 12.1 Å². The quantitative estimate of drug-likeness (QED) is 0.783. The molecule has 0 saturated carbocycles. The van der Waals surface area contributed by atoms with Crippen molar-refractivity contribution >= 4 is 33.0 Å². The third kappa shape index (κ3) is 4.37. The van der Waals surface area contributed by atoms with Gasteiger partial charge in [0.05, 0.1) is 18.7 Å². The van der Waals surface area contributed by atoms with Gasteiger partial charge in [0.15, 0.2) is 0 Å². The highest BCUT2D eigenvalue weighted by Crippen LogP contribution is 2.29. The van der Waals surface area contributed by atoms with Crippen LogP contribution in [0, 0.1) is 0 Å². The lowest BCUT2D eigenvalue weighted by Crippen LogP contribution is -2.28. The zero-order valence-corrected chi connectivity index (χ0v) is 16.2. The number of carbonyl (C=O) groups is 1. The van der Waals surface area contributed by atoms with Crippen molar-refractivity contribution in [3.05, 3.63) is 41.3 Å². The number of rotatable bonds is 7. The number of ether oxygens (including phenoxy) is 1. The van der Waals surface area contributed by atoms with Crippen molar-refractivity contribution in [3.8, 4) is 5.75 Å². The Morgan fingerprint density at radius 1 is 1.19 bits per heavy atom. The zero-order valence-electron chi connectivity index (χ0n) is 14.6. The van der Waals surface area contributed by atoms with E-state index in [1.807, 2.05) is 11.8 Å². The summed E-state index contributed by atoms with van der Waals surface area (Å²) in [7, 11) is -3.72. The minimum absolute atomic E-state index is 0.0583. The van der Waals surface area contributed by atoms with E-state index in [2.05, 4.69) is 4.72 Å². The van der Waals surface area contributed by atoms with Crippen LogP contribution < -0.4 is 9.46 Å². The largest absolute Gasteiger partial charge is 0.492 e. The fraction of sp³-hybridized carbons (Fsp3) is 0.389. The summed E-state index contributed by atoms with van der Waals surface area (Å²) in [4.78, 5) is 14.8. The number of hydrogen-bond acceptors (Lipinski definition) is 5. The summed E-state index contributed by atoms with van der Waals surface area (Å²) in [6, 6.07) is 10.2. The van der Waals surface area contributed by atoms with Gasteiger partial charge < -0.3 is 9.64 Å². The Balaban J connectivity index is 1.72. The molecule has 2 aromatic rings. The highest BCUT2D eigenvalue weighted by Gasteiger charge is 2.22. The lowest BCUT2D eigenvalue weighted by molar-refractivity contribution is -0.129. The molecule has 140 valence electrons. The molecule has 1 amide bonds. The number of anilines is 1. The average Bonchev–Trinajstić information content (AvgIpc) is 3.28. The Labute approximate surface area is 157 Å². The predicted molar refractivity (Wildman–Crippen MR) is 102 cm³/mol. The third-order valence-corrected chi connectivity index (χ3v) is 7.06. The van der Waals surface area contributed by atoms with Gasteiger partial charge in [-0.3, -0.25) is 9.52 Å². The van der Waals surface area contributed by atoms with Gasteiger partial charge >= 0.3 is 0 Å². The number of nitrogens with one attached hydrogen (secondary N) is 1. The second kappa shape index (κ2) is 8.09. The van der Waals surface area contributed by atoms with Gasteiger partial charge in [-0.05, 0) is 44.0 Å². The van der Waals surface area contributed by atoms with Crippen LogP contribution >= 0.6 is 11.3 Å². The number of hydrogen-bond donors (Lipinski definition) is 1. The van der Waals surface area contributed by atoms with E-state index in [-0.39, 0.29) is 16.5 Å². The number of likely N-dealkylation sites (tertiary alicyclic amines) is 1. The van der Waals surface area contributed by atoms with E-state index < -0.39 is 10.0 Å². The molecule has 1 N–H and O–H groups in total. The Hall–Kier alpha value is -2.06. The van der Waals surface area contributed by atoms with Gasteiger partial charge in [0.1, 0.15) is 9.96 Å². The number of thiophene rings is 1. The first-order valence-electron chi connectivity index (χ1n) is 8.61. The van der Waals surface area contributed by atoms with E-state index >= 15 is 0 Å². The molecule has 0 bridgehead atoms. The molecule has 1 aliphatic heterocycles. The maximum absolute atomic E-state index is 12.7. The zero-order chi connectivity index (χ0) is 18.6. The number of benzene rings is 1. The number of amides is 1. The van der Waals surface area contributed by atoms with Crippen LogP contribution in [0.4, 0.5) is 5.69 Å². The van der Waals surface area contributed by atoms with E-state index in [9.17, 15) is 13.2 Å². The van der Waals surface area contributed by atoms with Gasteiger partial charge in [-0.15, -0.1) is 11.3 Å². The Kier molecular flexibility index (Phi) is 5.83. The topological polar surface area (TPSA) is 75.7 Å². The highest BCUT2D eigenvalue weighted by molar-refractivity contribution is 7.94. The van der Waals surface area contributed by atoms with Crippen molar-refractivity contribution in [1.82, 2.24) is 4.90 Å². The summed E-state index contributed by atoms with van der Waals surface area (Å²) in [6.45, 7) is 3.88. The van der Waals surface area contributed by atoms with Crippen molar-refractivity contribution in [1.29, 1.82) is 0 Å². The molecule has 1 fully saturated rings. The molecule has 1 aromatic carbocycles. The molecular formula is C18H22N2O4S2. The predicted octanol–water partition coefficient (Wildman–Crippen LogP) is 3.11. The first-order chi connectivity index (χ1) is 12.5. The molecule has 2 heterocycles. The Morgan fingerprint density at radius 3 is 2.65 bits per heavy atom. The molecule has 0 aliphatic carbocycles. The lowest BCUT2D eigenvalue weighted by Gasteiger charge is -2.14. The SMILES string of the molecule is CCOc1ccccc1NS(=O)(=O)c1ccc(CC(=O)N2CCCC2)s1. The minimum atomic E-state index is -3.72. The van der Waals surface area contributed by atoms with E-state index in [0.717, 1.165) is 42.1 Å². The van der Waals surface area contributed by atoms with Crippen LogP contribution in [0.2, 0.25) is 0 Å². The molecule has 0 atom stereocenters. The first kappa shape index (κ1) is 18.7. The lowest BCUT2D eigenvalue weighted by atomic mass is 10.3. The van der Waals surface area contributed by atoms with Crippen LogP contribution in [0.25, 0.3) is 0 Å². The average molecular weight is 395 g/mol.